The molecule has 0 fully saturated rings. The second-order valence-electron chi connectivity index (χ2n) is 5.50. The summed E-state index contributed by atoms with van der Waals surface area (Å²) in [6, 6.07) is 18.4. The third-order valence-electron chi connectivity index (χ3n) is 3.48. The van der Waals surface area contributed by atoms with Crippen LogP contribution in [0.15, 0.2) is 64.2 Å². The van der Waals surface area contributed by atoms with Gasteiger partial charge in [-0.1, -0.05) is 54.2 Å². The van der Waals surface area contributed by atoms with Crippen LogP contribution in [0.5, 0.6) is 5.75 Å². The second-order valence-corrected chi connectivity index (χ2v) is 6.55. The zero-order valence-corrected chi connectivity index (χ0v) is 14.5. The van der Waals surface area contributed by atoms with E-state index < -0.39 is 0 Å². The Labute approximate surface area is 146 Å². The van der Waals surface area contributed by atoms with Crippen LogP contribution >= 0.6 is 11.8 Å². The molecule has 0 saturated carbocycles. The Morgan fingerprint density at radius 1 is 1.04 bits per heavy atom. The summed E-state index contributed by atoms with van der Waals surface area (Å²) in [6.07, 6.45) is 2.14. The Kier molecular flexibility index (Phi) is 5.90. The van der Waals surface area contributed by atoms with Gasteiger partial charge < -0.3 is 9.15 Å². The molecule has 0 aliphatic heterocycles. The highest BCUT2D eigenvalue weighted by Crippen LogP contribution is 2.19. The van der Waals surface area contributed by atoms with Gasteiger partial charge in [-0.2, -0.15) is 0 Å². The number of ether oxygens (including phenoxy) is 1. The largest absolute Gasteiger partial charge is 0.484 e. The molecule has 0 radical (unpaired) electrons. The Hall–Kier alpha value is -2.27. The first-order valence-corrected chi connectivity index (χ1v) is 8.97. The lowest BCUT2D eigenvalue weighted by atomic mass is 10.1. The van der Waals surface area contributed by atoms with Crippen LogP contribution in [0.2, 0.25) is 0 Å². The Morgan fingerprint density at radius 3 is 2.75 bits per heavy atom. The standard InChI is InChI=1S/C19H20N2O2S/c1-15-7-5-11-17(13-15)22-14-18-20-21-19(23-18)24-12-6-10-16-8-3-2-4-9-16/h2-5,7-9,11,13H,6,10,12,14H2,1H3. The maximum Gasteiger partial charge on any atom is 0.276 e. The van der Waals surface area contributed by atoms with E-state index in [0.29, 0.717) is 17.7 Å². The predicted octanol–water partition coefficient (Wildman–Crippen LogP) is 4.68. The SMILES string of the molecule is Cc1cccc(OCc2nnc(SCCCc3ccccc3)o2)c1. The molecular formula is C19H20N2O2S. The normalized spacial score (nSPS) is 10.7. The van der Waals surface area contributed by atoms with Crippen LogP contribution in [0.25, 0.3) is 0 Å². The van der Waals surface area contributed by atoms with E-state index in [9.17, 15) is 0 Å². The molecule has 0 bridgehead atoms. The summed E-state index contributed by atoms with van der Waals surface area (Å²) in [4.78, 5) is 0. The predicted molar refractivity (Wildman–Crippen MR) is 95.3 cm³/mol. The number of rotatable bonds is 8. The van der Waals surface area contributed by atoms with Gasteiger partial charge in [0.1, 0.15) is 5.75 Å². The van der Waals surface area contributed by atoms with E-state index in [1.807, 2.05) is 37.3 Å². The number of hydrogen-bond donors (Lipinski definition) is 0. The van der Waals surface area contributed by atoms with Crippen molar-refractivity contribution >= 4 is 11.8 Å². The van der Waals surface area contributed by atoms with Gasteiger partial charge in [0.05, 0.1) is 0 Å². The Bertz CT molecular complexity index is 759. The molecule has 0 unspecified atom stereocenters. The summed E-state index contributed by atoms with van der Waals surface area (Å²) < 4.78 is 11.3. The van der Waals surface area contributed by atoms with E-state index in [1.54, 1.807) is 11.8 Å². The summed E-state index contributed by atoms with van der Waals surface area (Å²) in [5.41, 5.74) is 2.52. The van der Waals surface area contributed by atoms with E-state index >= 15 is 0 Å². The van der Waals surface area contributed by atoms with Gasteiger partial charge in [0, 0.05) is 5.75 Å². The first-order valence-electron chi connectivity index (χ1n) is 7.98. The summed E-state index contributed by atoms with van der Waals surface area (Å²) in [6.45, 7) is 2.32. The van der Waals surface area contributed by atoms with Gasteiger partial charge in [-0.15, -0.1) is 10.2 Å². The van der Waals surface area contributed by atoms with Crippen molar-refractivity contribution in [3.05, 3.63) is 71.6 Å². The molecule has 0 aliphatic carbocycles. The van der Waals surface area contributed by atoms with Crippen molar-refractivity contribution in [3.63, 3.8) is 0 Å². The number of hydrogen-bond acceptors (Lipinski definition) is 5. The van der Waals surface area contributed by atoms with Crippen LogP contribution in [0, 0.1) is 6.92 Å². The summed E-state index contributed by atoms with van der Waals surface area (Å²) >= 11 is 1.59. The number of aromatic nitrogens is 2. The van der Waals surface area contributed by atoms with Crippen LogP contribution in [0.1, 0.15) is 23.4 Å². The fourth-order valence-corrected chi connectivity index (χ4v) is 3.00. The molecule has 3 aromatic rings. The quantitative estimate of drug-likeness (QED) is 0.440. The van der Waals surface area contributed by atoms with E-state index in [0.717, 1.165) is 29.9 Å². The van der Waals surface area contributed by atoms with Crippen LogP contribution in [0.4, 0.5) is 0 Å². The van der Waals surface area contributed by atoms with Crippen molar-refractivity contribution in [3.8, 4) is 5.75 Å². The van der Waals surface area contributed by atoms with Gasteiger partial charge in [-0.25, -0.2) is 0 Å². The number of aryl methyl sites for hydroxylation is 2. The fraction of sp³-hybridized carbons (Fsp3) is 0.263. The first-order chi connectivity index (χ1) is 11.8. The van der Waals surface area contributed by atoms with Gasteiger partial charge in [-0.3, -0.25) is 0 Å². The van der Waals surface area contributed by atoms with E-state index in [-0.39, 0.29) is 0 Å². The molecule has 24 heavy (non-hydrogen) atoms. The van der Waals surface area contributed by atoms with E-state index in [1.165, 1.54) is 5.56 Å². The smallest absolute Gasteiger partial charge is 0.276 e. The average molecular weight is 340 g/mol. The monoisotopic (exact) mass is 340 g/mol. The summed E-state index contributed by atoms with van der Waals surface area (Å²) in [5, 5.41) is 8.69. The fourth-order valence-electron chi connectivity index (χ4n) is 2.29. The lowest BCUT2D eigenvalue weighted by Crippen LogP contribution is -1.95. The number of nitrogens with zero attached hydrogens (tertiary/aromatic N) is 2. The lowest BCUT2D eigenvalue weighted by Gasteiger charge is -2.03. The molecular weight excluding hydrogens is 320 g/mol. The first kappa shape index (κ1) is 16.6. The Balaban J connectivity index is 1.40. The van der Waals surface area contributed by atoms with Crippen molar-refractivity contribution in [2.24, 2.45) is 0 Å². The minimum Gasteiger partial charge on any atom is -0.484 e. The molecule has 1 aromatic heterocycles. The summed E-state index contributed by atoms with van der Waals surface area (Å²) in [5.74, 6) is 2.27. The van der Waals surface area contributed by atoms with Crippen molar-refractivity contribution in [1.29, 1.82) is 0 Å². The van der Waals surface area contributed by atoms with E-state index in [4.69, 9.17) is 9.15 Å². The van der Waals surface area contributed by atoms with Crippen LogP contribution in [-0.4, -0.2) is 16.0 Å². The van der Waals surface area contributed by atoms with Crippen LogP contribution in [-0.2, 0) is 13.0 Å². The van der Waals surface area contributed by atoms with E-state index in [2.05, 4.69) is 34.5 Å². The van der Waals surface area contributed by atoms with Gasteiger partial charge in [0.2, 0.25) is 0 Å². The van der Waals surface area contributed by atoms with Gasteiger partial charge >= 0.3 is 0 Å². The molecule has 3 rings (SSSR count). The number of thioether (sulfide) groups is 1. The van der Waals surface area contributed by atoms with Crippen LogP contribution < -0.4 is 4.74 Å². The van der Waals surface area contributed by atoms with Gasteiger partial charge in [-0.05, 0) is 43.0 Å². The third-order valence-corrected chi connectivity index (χ3v) is 4.38. The van der Waals surface area contributed by atoms with Crippen molar-refractivity contribution in [1.82, 2.24) is 10.2 Å². The Morgan fingerprint density at radius 2 is 1.92 bits per heavy atom. The summed E-state index contributed by atoms with van der Waals surface area (Å²) in [7, 11) is 0. The molecule has 0 aliphatic rings. The maximum absolute atomic E-state index is 5.66. The third kappa shape index (κ3) is 5.13. The molecule has 124 valence electrons. The molecule has 2 aromatic carbocycles. The molecule has 0 N–H and O–H groups in total. The molecule has 5 heteroatoms. The minimum atomic E-state index is 0.293. The highest BCUT2D eigenvalue weighted by Gasteiger charge is 2.07. The average Bonchev–Trinajstić information content (AvgIpc) is 3.06. The lowest BCUT2D eigenvalue weighted by molar-refractivity contribution is 0.252. The topological polar surface area (TPSA) is 48.2 Å². The van der Waals surface area contributed by atoms with Gasteiger partial charge in [0.25, 0.3) is 11.1 Å². The molecule has 0 spiro atoms. The number of benzene rings is 2. The highest BCUT2D eigenvalue weighted by atomic mass is 32.2. The van der Waals surface area contributed by atoms with Crippen molar-refractivity contribution in [2.45, 2.75) is 31.6 Å². The molecule has 0 atom stereocenters. The van der Waals surface area contributed by atoms with Crippen LogP contribution in [0.3, 0.4) is 0 Å². The second kappa shape index (κ2) is 8.55. The van der Waals surface area contributed by atoms with Gasteiger partial charge in [0.15, 0.2) is 6.61 Å². The molecule has 0 amide bonds. The zero-order chi connectivity index (χ0) is 16.6. The maximum atomic E-state index is 5.66. The highest BCUT2D eigenvalue weighted by molar-refractivity contribution is 7.99. The zero-order valence-electron chi connectivity index (χ0n) is 13.6. The minimum absolute atomic E-state index is 0.293. The molecule has 1 heterocycles. The molecule has 0 saturated heterocycles. The van der Waals surface area contributed by atoms with Crippen molar-refractivity contribution in [2.75, 3.05) is 5.75 Å². The molecule has 4 nitrogen and oxygen atoms in total. The van der Waals surface area contributed by atoms with Crippen molar-refractivity contribution < 1.29 is 9.15 Å².